The van der Waals surface area contributed by atoms with Gasteiger partial charge in [-0.1, -0.05) is 6.07 Å². The maximum Gasteiger partial charge on any atom is 0.236 e. The van der Waals surface area contributed by atoms with Crippen LogP contribution in [-0.2, 0) is 11.2 Å². The van der Waals surface area contributed by atoms with Crippen LogP contribution in [0.15, 0.2) is 18.2 Å². The van der Waals surface area contributed by atoms with Gasteiger partial charge in [-0.3, -0.25) is 4.79 Å². The maximum absolute atomic E-state index is 11.7. The molecule has 0 radical (unpaired) electrons. The van der Waals surface area contributed by atoms with Crippen LogP contribution in [0, 0.1) is 0 Å². The number of benzene rings is 1. The number of carbonyl (C=O) groups excluding carboxylic acids is 1. The lowest BCUT2D eigenvalue weighted by Crippen LogP contribution is -2.41. The second kappa shape index (κ2) is 9.23. The molecule has 2 N–H and O–H groups in total. The lowest BCUT2D eigenvalue weighted by molar-refractivity contribution is -0.122. The Balaban J connectivity index is 2.59. The molecule has 1 rings (SSSR count). The lowest BCUT2D eigenvalue weighted by atomic mass is 10.1. The molecule has 5 nitrogen and oxygen atoms in total. The van der Waals surface area contributed by atoms with Crippen molar-refractivity contribution in [3.8, 4) is 11.5 Å². The molecular formula is C16H26N2O3. The van der Waals surface area contributed by atoms with Crippen LogP contribution in [0.3, 0.4) is 0 Å². The van der Waals surface area contributed by atoms with Gasteiger partial charge in [-0.2, -0.15) is 0 Å². The molecule has 1 unspecified atom stereocenters. The first-order valence-electron chi connectivity index (χ1n) is 7.45. The number of likely N-dealkylation sites (N-methyl/N-ethyl adjacent to an activating group) is 1. The number of nitrogens with one attached hydrogen (secondary N) is 2. The summed E-state index contributed by atoms with van der Waals surface area (Å²) in [7, 11) is 1.77. The van der Waals surface area contributed by atoms with Crippen LogP contribution < -0.4 is 20.1 Å². The van der Waals surface area contributed by atoms with Gasteiger partial charge >= 0.3 is 0 Å². The van der Waals surface area contributed by atoms with E-state index in [1.165, 1.54) is 0 Å². The summed E-state index contributed by atoms with van der Waals surface area (Å²) in [4.78, 5) is 11.7. The van der Waals surface area contributed by atoms with E-state index >= 15 is 0 Å². The van der Waals surface area contributed by atoms with Crippen molar-refractivity contribution in [1.82, 2.24) is 10.6 Å². The minimum absolute atomic E-state index is 0.00784. The molecule has 0 heterocycles. The Morgan fingerprint density at radius 3 is 2.48 bits per heavy atom. The van der Waals surface area contributed by atoms with E-state index in [9.17, 15) is 4.79 Å². The zero-order chi connectivity index (χ0) is 15.7. The van der Waals surface area contributed by atoms with Crippen LogP contribution in [-0.4, -0.2) is 38.8 Å². The predicted molar refractivity (Wildman–Crippen MR) is 84.0 cm³/mol. The van der Waals surface area contributed by atoms with Crippen molar-refractivity contribution in [2.75, 3.05) is 26.8 Å². The predicted octanol–water partition coefficient (Wildman–Crippen LogP) is 1.75. The van der Waals surface area contributed by atoms with Crippen molar-refractivity contribution in [3.05, 3.63) is 23.8 Å². The van der Waals surface area contributed by atoms with Gasteiger partial charge in [-0.05, 0) is 51.9 Å². The van der Waals surface area contributed by atoms with Crippen molar-refractivity contribution in [2.24, 2.45) is 0 Å². The summed E-state index contributed by atoms with van der Waals surface area (Å²) in [5.41, 5.74) is 1.11. The molecule has 0 fully saturated rings. The van der Waals surface area contributed by atoms with Gasteiger partial charge in [0.05, 0.1) is 19.3 Å². The molecule has 1 amide bonds. The molecule has 0 spiro atoms. The van der Waals surface area contributed by atoms with Crippen LogP contribution >= 0.6 is 0 Å². The van der Waals surface area contributed by atoms with E-state index < -0.39 is 0 Å². The number of carbonyl (C=O) groups is 1. The Hall–Kier alpha value is -1.75. The van der Waals surface area contributed by atoms with E-state index in [2.05, 4.69) is 10.6 Å². The van der Waals surface area contributed by atoms with Gasteiger partial charge in [-0.15, -0.1) is 0 Å². The molecule has 0 aliphatic heterocycles. The van der Waals surface area contributed by atoms with Gasteiger partial charge in [0.1, 0.15) is 0 Å². The molecule has 1 atom stereocenters. The van der Waals surface area contributed by atoms with Crippen LogP contribution in [0.1, 0.15) is 26.3 Å². The summed E-state index contributed by atoms with van der Waals surface area (Å²) in [6.45, 7) is 7.53. The number of rotatable bonds is 9. The normalized spacial score (nSPS) is 11.8. The van der Waals surface area contributed by atoms with E-state index in [-0.39, 0.29) is 11.9 Å². The molecule has 0 bridgehead atoms. The summed E-state index contributed by atoms with van der Waals surface area (Å²) >= 11 is 0. The Kier molecular flexibility index (Phi) is 7.61. The van der Waals surface area contributed by atoms with Crippen molar-refractivity contribution in [2.45, 2.75) is 33.2 Å². The van der Waals surface area contributed by atoms with Gasteiger partial charge in [-0.25, -0.2) is 0 Å². The summed E-state index contributed by atoms with van der Waals surface area (Å²) in [6, 6.07) is 5.72. The Morgan fingerprint density at radius 2 is 1.86 bits per heavy atom. The summed E-state index contributed by atoms with van der Waals surface area (Å²) < 4.78 is 11.1. The number of hydrogen-bond donors (Lipinski definition) is 2. The van der Waals surface area contributed by atoms with E-state index in [4.69, 9.17) is 9.47 Å². The summed E-state index contributed by atoms with van der Waals surface area (Å²) in [5, 5.41) is 5.81. The van der Waals surface area contributed by atoms with Crippen molar-refractivity contribution in [3.63, 3.8) is 0 Å². The molecule has 21 heavy (non-hydrogen) atoms. The molecule has 1 aromatic rings. The van der Waals surface area contributed by atoms with Crippen molar-refractivity contribution < 1.29 is 14.3 Å². The molecular weight excluding hydrogens is 268 g/mol. The average molecular weight is 294 g/mol. The van der Waals surface area contributed by atoms with Crippen LogP contribution in [0.25, 0.3) is 0 Å². The minimum Gasteiger partial charge on any atom is -0.490 e. The first-order valence-corrected chi connectivity index (χ1v) is 7.45. The average Bonchev–Trinajstić information content (AvgIpc) is 2.49. The third kappa shape index (κ3) is 5.63. The zero-order valence-electron chi connectivity index (χ0n) is 13.4. The second-order valence-electron chi connectivity index (χ2n) is 4.70. The lowest BCUT2D eigenvalue weighted by Gasteiger charge is -2.13. The van der Waals surface area contributed by atoms with Gasteiger partial charge in [0.15, 0.2) is 11.5 Å². The quantitative estimate of drug-likeness (QED) is 0.728. The number of ether oxygens (including phenoxy) is 2. The Bertz CT molecular complexity index is 449. The second-order valence-corrected chi connectivity index (χ2v) is 4.70. The Morgan fingerprint density at radius 1 is 1.19 bits per heavy atom. The molecule has 118 valence electrons. The molecule has 0 aliphatic rings. The van der Waals surface area contributed by atoms with Crippen molar-refractivity contribution in [1.29, 1.82) is 0 Å². The SMILES string of the molecule is CCOc1ccc(CCNC(=O)C(C)NC)cc1OCC. The fourth-order valence-electron chi connectivity index (χ4n) is 1.87. The van der Waals surface area contributed by atoms with Crippen molar-refractivity contribution >= 4 is 5.91 Å². The first-order chi connectivity index (χ1) is 10.1. The molecule has 0 aromatic heterocycles. The first kappa shape index (κ1) is 17.3. The molecule has 1 aromatic carbocycles. The van der Waals surface area contributed by atoms with E-state index in [0.717, 1.165) is 23.5 Å². The highest BCUT2D eigenvalue weighted by molar-refractivity contribution is 5.81. The van der Waals surface area contributed by atoms with E-state index in [1.807, 2.05) is 39.0 Å². The van der Waals surface area contributed by atoms with Crippen LogP contribution in [0.2, 0.25) is 0 Å². The summed E-state index contributed by atoms with van der Waals surface area (Å²) in [6.07, 6.45) is 0.759. The minimum atomic E-state index is -0.177. The zero-order valence-corrected chi connectivity index (χ0v) is 13.4. The van der Waals surface area contributed by atoms with E-state index in [1.54, 1.807) is 7.05 Å². The highest BCUT2D eigenvalue weighted by Crippen LogP contribution is 2.28. The monoisotopic (exact) mass is 294 g/mol. The number of amides is 1. The third-order valence-corrected chi connectivity index (χ3v) is 3.15. The topological polar surface area (TPSA) is 59.6 Å². The fourth-order valence-corrected chi connectivity index (χ4v) is 1.87. The van der Waals surface area contributed by atoms with Gasteiger partial charge < -0.3 is 20.1 Å². The third-order valence-electron chi connectivity index (χ3n) is 3.15. The number of hydrogen-bond acceptors (Lipinski definition) is 4. The molecule has 0 saturated carbocycles. The molecule has 0 saturated heterocycles. The summed E-state index contributed by atoms with van der Waals surface area (Å²) in [5.74, 6) is 1.52. The molecule has 5 heteroatoms. The standard InChI is InChI=1S/C16H26N2O3/c1-5-20-14-8-7-13(11-15(14)21-6-2)9-10-18-16(19)12(3)17-4/h7-8,11-12,17H,5-6,9-10H2,1-4H3,(H,18,19). The van der Waals surface area contributed by atoms with Crippen LogP contribution in [0.5, 0.6) is 11.5 Å². The Labute approximate surface area is 127 Å². The highest BCUT2D eigenvalue weighted by Gasteiger charge is 2.10. The smallest absolute Gasteiger partial charge is 0.236 e. The highest BCUT2D eigenvalue weighted by atomic mass is 16.5. The van der Waals surface area contributed by atoms with E-state index in [0.29, 0.717) is 19.8 Å². The molecule has 0 aliphatic carbocycles. The fraction of sp³-hybridized carbons (Fsp3) is 0.562. The largest absolute Gasteiger partial charge is 0.490 e. The van der Waals surface area contributed by atoms with Gasteiger partial charge in [0.2, 0.25) is 5.91 Å². The van der Waals surface area contributed by atoms with Gasteiger partial charge in [0, 0.05) is 6.54 Å². The maximum atomic E-state index is 11.7. The van der Waals surface area contributed by atoms with Gasteiger partial charge in [0.25, 0.3) is 0 Å². The van der Waals surface area contributed by atoms with Crippen LogP contribution in [0.4, 0.5) is 0 Å².